The fourth-order valence-corrected chi connectivity index (χ4v) is 3.69. The van der Waals surface area contributed by atoms with E-state index < -0.39 is 0 Å². The molecule has 36 heavy (non-hydrogen) atoms. The Balaban J connectivity index is 1.47. The zero-order valence-electron chi connectivity index (χ0n) is 19.8. The van der Waals surface area contributed by atoms with Gasteiger partial charge in [-0.1, -0.05) is 41.9 Å². The number of para-hydroxylation sites is 1. The van der Waals surface area contributed by atoms with Gasteiger partial charge in [0, 0.05) is 35.1 Å². The van der Waals surface area contributed by atoms with Gasteiger partial charge in [0.05, 0.1) is 0 Å². The molecule has 4 aromatic rings. The highest BCUT2D eigenvalue weighted by Crippen LogP contribution is 2.25. The second kappa shape index (κ2) is 11.9. The monoisotopic (exact) mass is 499 g/mol. The van der Waals surface area contributed by atoms with Crippen LogP contribution in [0.4, 0.5) is 16.2 Å². The van der Waals surface area contributed by atoms with Crippen LogP contribution >= 0.6 is 11.6 Å². The molecule has 0 aliphatic rings. The molecule has 0 heterocycles. The van der Waals surface area contributed by atoms with Crippen molar-refractivity contribution in [1.82, 2.24) is 5.32 Å². The van der Waals surface area contributed by atoms with Crippen molar-refractivity contribution in [3.63, 3.8) is 0 Å². The number of benzene rings is 4. The Bertz CT molecular complexity index is 1310. The Morgan fingerprint density at radius 1 is 0.833 bits per heavy atom. The van der Waals surface area contributed by atoms with Crippen LogP contribution in [0.1, 0.15) is 15.9 Å². The number of aryl methyl sites for hydroxylation is 1. The third-order valence-corrected chi connectivity index (χ3v) is 5.62. The summed E-state index contributed by atoms with van der Waals surface area (Å²) in [5.41, 5.74) is 2.90. The summed E-state index contributed by atoms with van der Waals surface area (Å²) in [7, 11) is 0. The summed E-state index contributed by atoms with van der Waals surface area (Å²) in [5.74, 6) is 1.14. The maximum absolute atomic E-state index is 13.2. The second-order valence-electron chi connectivity index (χ2n) is 8.12. The average molecular weight is 500 g/mol. The fourth-order valence-electron chi connectivity index (χ4n) is 3.56. The molecule has 0 saturated heterocycles. The van der Waals surface area contributed by atoms with Crippen molar-refractivity contribution in [2.45, 2.75) is 6.92 Å². The Labute approximate surface area is 215 Å². The molecule has 182 valence electrons. The number of carbonyl (C=O) groups is 2. The van der Waals surface area contributed by atoms with E-state index in [-0.39, 0.29) is 25.0 Å². The fraction of sp³-hybridized carbons (Fsp3) is 0.103. The lowest BCUT2D eigenvalue weighted by Gasteiger charge is -2.24. The van der Waals surface area contributed by atoms with Crippen molar-refractivity contribution >= 4 is 34.9 Å². The lowest BCUT2D eigenvalue weighted by atomic mass is 10.2. The largest absolute Gasteiger partial charge is 0.457 e. The van der Waals surface area contributed by atoms with Gasteiger partial charge in [-0.05, 0) is 85.3 Å². The van der Waals surface area contributed by atoms with Crippen LogP contribution < -0.4 is 20.3 Å². The van der Waals surface area contributed by atoms with E-state index in [4.69, 9.17) is 16.3 Å². The minimum atomic E-state index is -0.307. The summed E-state index contributed by atoms with van der Waals surface area (Å²) in [4.78, 5) is 27.3. The molecule has 0 aliphatic heterocycles. The minimum Gasteiger partial charge on any atom is -0.457 e. The van der Waals surface area contributed by atoms with E-state index in [1.807, 2.05) is 85.8 Å². The number of amides is 3. The molecule has 0 aliphatic carbocycles. The third kappa shape index (κ3) is 6.87. The molecule has 3 amide bonds. The Kier molecular flexibility index (Phi) is 8.21. The summed E-state index contributed by atoms with van der Waals surface area (Å²) < 4.78 is 5.87. The van der Waals surface area contributed by atoms with Crippen molar-refractivity contribution in [1.29, 1.82) is 0 Å². The van der Waals surface area contributed by atoms with Crippen LogP contribution in [0.15, 0.2) is 103 Å². The van der Waals surface area contributed by atoms with E-state index in [9.17, 15) is 9.59 Å². The van der Waals surface area contributed by atoms with Crippen LogP contribution in [0.2, 0.25) is 5.02 Å². The van der Waals surface area contributed by atoms with Crippen LogP contribution in [0, 0.1) is 6.92 Å². The number of nitrogens with zero attached hydrogens (tertiary/aromatic N) is 1. The Morgan fingerprint density at radius 3 is 2.22 bits per heavy atom. The molecule has 0 bridgehead atoms. The molecule has 2 N–H and O–H groups in total. The van der Waals surface area contributed by atoms with Crippen LogP contribution in [0.5, 0.6) is 11.5 Å². The molecule has 0 radical (unpaired) electrons. The highest BCUT2D eigenvalue weighted by Gasteiger charge is 2.17. The van der Waals surface area contributed by atoms with Gasteiger partial charge in [0.2, 0.25) is 0 Å². The molecular weight excluding hydrogens is 474 g/mol. The topological polar surface area (TPSA) is 70.7 Å². The molecule has 4 aromatic carbocycles. The normalized spacial score (nSPS) is 10.4. The molecule has 0 aromatic heterocycles. The van der Waals surface area contributed by atoms with E-state index >= 15 is 0 Å². The third-order valence-electron chi connectivity index (χ3n) is 5.37. The smallest absolute Gasteiger partial charge is 0.326 e. The van der Waals surface area contributed by atoms with E-state index in [1.165, 1.54) is 0 Å². The molecular formula is C29H26ClN3O3. The maximum atomic E-state index is 13.2. The first kappa shape index (κ1) is 24.8. The molecule has 0 saturated carbocycles. The predicted octanol–water partition coefficient (Wildman–Crippen LogP) is 6.91. The van der Waals surface area contributed by atoms with Crippen molar-refractivity contribution in [2.24, 2.45) is 0 Å². The number of carbonyl (C=O) groups excluding carboxylic acids is 2. The Morgan fingerprint density at radius 2 is 1.53 bits per heavy atom. The van der Waals surface area contributed by atoms with Crippen LogP contribution in [0.25, 0.3) is 0 Å². The summed E-state index contributed by atoms with van der Waals surface area (Å²) in [6, 6.07) is 30.6. The molecule has 0 unspecified atom stereocenters. The number of halogens is 1. The average Bonchev–Trinajstić information content (AvgIpc) is 2.88. The first-order valence-electron chi connectivity index (χ1n) is 11.5. The van der Waals surface area contributed by atoms with Gasteiger partial charge in [-0.15, -0.1) is 0 Å². The number of rotatable bonds is 8. The summed E-state index contributed by atoms with van der Waals surface area (Å²) in [6.07, 6.45) is 0. The van der Waals surface area contributed by atoms with Crippen LogP contribution in [-0.4, -0.2) is 25.0 Å². The number of hydrogen-bond donors (Lipinski definition) is 2. The van der Waals surface area contributed by atoms with Crippen molar-refractivity contribution in [3.05, 3.63) is 119 Å². The van der Waals surface area contributed by atoms with E-state index in [2.05, 4.69) is 10.6 Å². The summed E-state index contributed by atoms with van der Waals surface area (Å²) in [5, 5.41) is 6.36. The van der Waals surface area contributed by atoms with Gasteiger partial charge in [-0.2, -0.15) is 0 Å². The van der Waals surface area contributed by atoms with E-state index in [1.54, 1.807) is 29.2 Å². The van der Waals surface area contributed by atoms with Gasteiger partial charge >= 0.3 is 6.03 Å². The lowest BCUT2D eigenvalue weighted by molar-refractivity contribution is 0.0954. The van der Waals surface area contributed by atoms with Gasteiger partial charge in [0.1, 0.15) is 11.5 Å². The lowest BCUT2D eigenvalue weighted by Crippen LogP contribution is -2.41. The van der Waals surface area contributed by atoms with E-state index in [0.717, 1.165) is 11.3 Å². The molecule has 0 atom stereocenters. The zero-order valence-corrected chi connectivity index (χ0v) is 20.5. The molecule has 0 spiro atoms. The highest BCUT2D eigenvalue weighted by molar-refractivity contribution is 6.30. The van der Waals surface area contributed by atoms with Crippen molar-refractivity contribution in [2.75, 3.05) is 23.3 Å². The van der Waals surface area contributed by atoms with Gasteiger partial charge in [-0.25, -0.2) is 4.79 Å². The second-order valence-corrected chi connectivity index (χ2v) is 8.56. The zero-order chi connectivity index (χ0) is 25.3. The van der Waals surface area contributed by atoms with E-state index in [0.29, 0.717) is 27.7 Å². The predicted molar refractivity (Wildman–Crippen MR) is 144 cm³/mol. The summed E-state index contributed by atoms with van der Waals surface area (Å²) >= 11 is 5.91. The van der Waals surface area contributed by atoms with Crippen molar-refractivity contribution in [3.8, 4) is 11.5 Å². The quantitative estimate of drug-likeness (QED) is 0.277. The number of anilines is 2. The summed E-state index contributed by atoms with van der Waals surface area (Å²) in [6.45, 7) is 2.48. The highest BCUT2D eigenvalue weighted by atomic mass is 35.5. The number of hydrogen-bond acceptors (Lipinski definition) is 3. The maximum Gasteiger partial charge on any atom is 0.326 e. The van der Waals surface area contributed by atoms with Crippen molar-refractivity contribution < 1.29 is 14.3 Å². The standard InChI is InChI=1S/C29H26ClN3O3/c1-21-6-5-7-24(20-21)32-29(35)33(19-18-31-28(34)22-10-12-23(30)13-11-22)25-14-16-27(17-15-25)36-26-8-3-2-4-9-26/h2-17,20H,18-19H2,1H3,(H,31,34)(H,32,35). The first-order chi connectivity index (χ1) is 17.5. The van der Waals surface area contributed by atoms with Gasteiger partial charge < -0.3 is 15.4 Å². The van der Waals surface area contributed by atoms with Gasteiger partial charge in [-0.3, -0.25) is 9.69 Å². The number of urea groups is 1. The molecule has 4 rings (SSSR count). The molecule has 7 heteroatoms. The first-order valence-corrected chi connectivity index (χ1v) is 11.9. The van der Waals surface area contributed by atoms with Gasteiger partial charge in [0.25, 0.3) is 5.91 Å². The SMILES string of the molecule is Cc1cccc(NC(=O)N(CCNC(=O)c2ccc(Cl)cc2)c2ccc(Oc3ccccc3)cc2)c1. The molecule has 6 nitrogen and oxygen atoms in total. The minimum absolute atomic E-state index is 0.239. The van der Waals surface area contributed by atoms with Crippen LogP contribution in [0.3, 0.4) is 0 Å². The Hall–Kier alpha value is -4.29. The van der Waals surface area contributed by atoms with Crippen LogP contribution in [-0.2, 0) is 0 Å². The number of nitrogens with one attached hydrogen (secondary N) is 2. The van der Waals surface area contributed by atoms with Gasteiger partial charge in [0.15, 0.2) is 0 Å². The number of ether oxygens (including phenoxy) is 1. The molecule has 0 fully saturated rings.